The van der Waals surface area contributed by atoms with Crippen LogP contribution >= 0.6 is 0 Å². The first-order chi connectivity index (χ1) is 8.54. The van der Waals surface area contributed by atoms with Crippen molar-refractivity contribution in [2.45, 2.75) is 26.2 Å². The Morgan fingerprint density at radius 2 is 1.50 bits per heavy atom. The van der Waals surface area contributed by atoms with Crippen molar-refractivity contribution in [2.24, 2.45) is 0 Å². The van der Waals surface area contributed by atoms with Crippen LogP contribution in [0.3, 0.4) is 0 Å². The molecular formula is C17H19N. The molecule has 0 aliphatic heterocycles. The van der Waals surface area contributed by atoms with E-state index in [0.717, 1.165) is 0 Å². The van der Waals surface area contributed by atoms with E-state index in [1.54, 1.807) is 0 Å². The van der Waals surface area contributed by atoms with Gasteiger partial charge in [-0.05, 0) is 41.3 Å². The highest BCUT2D eigenvalue weighted by Gasteiger charge is 2.35. The Labute approximate surface area is 109 Å². The van der Waals surface area contributed by atoms with Crippen LogP contribution in [-0.2, 0) is 5.41 Å². The zero-order chi connectivity index (χ0) is 12.9. The summed E-state index contributed by atoms with van der Waals surface area (Å²) in [5.74, 6) is 0. The van der Waals surface area contributed by atoms with E-state index in [2.05, 4.69) is 62.5 Å². The molecule has 2 aromatic rings. The smallest absolute Gasteiger partial charge is 0.0343 e. The lowest BCUT2D eigenvalue weighted by Gasteiger charge is -2.21. The molecule has 0 unspecified atom stereocenters. The zero-order valence-electron chi connectivity index (χ0n) is 11.5. The summed E-state index contributed by atoms with van der Waals surface area (Å²) in [7, 11) is 1.97. The fraction of sp³-hybridized carbons (Fsp3) is 0.294. The van der Waals surface area contributed by atoms with Gasteiger partial charge in [0.25, 0.3) is 0 Å². The normalized spacial score (nSPS) is 15.1. The third-order valence-corrected chi connectivity index (χ3v) is 4.12. The van der Waals surface area contributed by atoms with Gasteiger partial charge in [0.05, 0.1) is 0 Å². The van der Waals surface area contributed by atoms with E-state index in [9.17, 15) is 0 Å². The predicted molar refractivity (Wildman–Crippen MR) is 78.3 cm³/mol. The minimum Gasteiger partial charge on any atom is -0.388 e. The lowest BCUT2D eigenvalue weighted by atomic mass is 9.82. The van der Waals surface area contributed by atoms with Gasteiger partial charge in [0.15, 0.2) is 0 Å². The molecule has 0 saturated heterocycles. The predicted octanol–water partition coefficient (Wildman–Crippen LogP) is 4.34. The molecule has 0 bridgehead atoms. The molecule has 3 rings (SSSR count). The van der Waals surface area contributed by atoms with Crippen LogP contribution in [-0.4, -0.2) is 7.05 Å². The van der Waals surface area contributed by atoms with Gasteiger partial charge in [0.2, 0.25) is 0 Å². The number of hydrogen-bond donors (Lipinski definition) is 1. The Morgan fingerprint density at radius 3 is 2.17 bits per heavy atom. The van der Waals surface area contributed by atoms with Crippen molar-refractivity contribution in [1.82, 2.24) is 0 Å². The minimum atomic E-state index is 0.116. The summed E-state index contributed by atoms with van der Waals surface area (Å²) in [6.07, 6.45) is 0. The highest BCUT2D eigenvalue weighted by Crippen LogP contribution is 2.49. The molecule has 0 atom stereocenters. The highest BCUT2D eigenvalue weighted by atomic mass is 14.8. The monoisotopic (exact) mass is 237 g/mol. The van der Waals surface area contributed by atoms with E-state index in [1.165, 1.54) is 33.5 Å². The molecule has 0 radical (unpaired) electrons. The van der Waals surface area contributed by atoms with Gasteiger partial charge in [0.1, 0.15) is 0 Å². The lowest BCUT2D eigenvalue weighted by Crippen LogP contribution is -2.14. The van der Waals surface area contributed by atoms with Crippen LogP contribution in [0, 0.1) is 6.92 Å². The van der Waals surface area contributed by atoms with E-state index in [-0.39, 0.29) is 5.41 Å². The highest BCUT2D eigenvalue weighted by molar-refractivity contribution is 5.83. The molecule has 0 saturated carbocycles. The van der Waals surface area contributed by atoms with Crippen molar-refractivity contribution in [3.63, 3.8) is 0 Å². The fourth-order valence-electron chi connectivity index (χ4n) is 3.04. The quantitative estimate of drug-likeness (QED) is 0.777. The number of rotatable bonds is 1. The Hall–Kier alpha value is -1.76. The number of aryl methyl sites for hydroxylation is 1. The maximum Gasteiger partial charge on any atom is 0.0343 e. The van der Waals surface area contributed by atoms with Crippen molar-refractivity contribution >= 4 is 5.69 Å². The Bertz CT molecular complexity index is 624. The van der Waals surface area contributed by atoms with Crippen LogP contribution in [0.4, 0.5) is 5.69 Å². The summed E-state index contributed by atoms with van der Waals surface area (Å²) in [6.45, 7) is 6.78. The van der Waals surface area contributed by atoms with Crippen LogP contribution in [0.25, 0.3) is 11.1 Å². The minimum absolute atomic E-state index is 0.116. The molecule has 0 amide bonds. The number of fused-ring (bicyclic) bond motifs is 3. The van der Waals surface area contributed by atoms with Crippen molar-refractivity contribution < 1.29 is 0 Å². The molecule has 1 heteroatoms. The van der Waals surface area contributed by atoms with Crippen LogP contribution < -0.4 is 5.32 Å². The van der Waals surface area contributed by atoms with E-state index >= 15 is 0 Å². The zero-order valence-corrected chi connectivity index (χ0v) is 11.5. The second kappa shape index (κ2) is 3.61. The van der Waals surface area contributed by atoms with Crippen LogP contribution in [0.15, 0.2) is 36.4 Å². The molecule has 0 heterocycles. The Kier molecular flexibility index (Phi) is 2.28. The van der Waals surface area contributed by atoms with Gasteiger partial charge < -0.3 is 5.32 Å². The van der Waals surface area contributed by atoms with Crippen molar-refractivity contribution in [1.29, 1.82) is 0 Å². The van der Waals surface area contributed by atoms with Crippen LogP contribution in [0.5, 0.6) is 0 Å². The van der Waals surface area contributed by atoms with Crippen molar-refractivity contribution in [3.05, 3.63) is 53.1 Å². The van der Waals surface area contributed by atoms with Gasteiger partial charge in [-0.25, -0.2) is 0 Å². The molecular weight excluding hydrogens is 218 g/mol. The van der Waals surface area contributed by atoms with Crippen LogP contribution in [0.2, 0.25) is 0 Å². The van der Waals surface area contributed by atoms with Gasteiger partial charge in [-0.15, -0.1) is 0 Å². The first-order valence-electron chi connectivity index (χ1n) is 6.48. The summed E-state index contributed by atoms with van der Waals surface area (Å²) in [5, 5.41) is 3.23. The van der Waals surface area contributed by atoms with E-state index in [4.69, 9.17) is 0 Å². The molecule has 2 aromatic carbocycles. The van der Waals surface area contributed by atoms with E-state index < -0.39 is 0 Å². The molecule has 0 spiro atoms. The molecule has 18 heavy (non-hydrogen) atoms. The summed E-state index contributed by atoms with van der Waals surface area (Å²) < 4.78 is 0. The average Bonchev–Trinajstić information content (AvgIpc) is 2.58. The molecule has 1 nitrogen and oxygen atoms in total. The Balaban J connectivity index is 2.33. The number of nitrogens with one attached hydrogen (secondary N) is 1. The first-order valence-corrected chi connectivity index (χ1v) is 6.48. The summed E-state index contributed by atoms with van der Waals surface area (Å²) in [5.41, 5.74) is 8.27. The summed E-state index contributed by atoms with van der Waals surface area (Å²) in [4.78, 5) is 0. The number of benzene rings is 2. The summed E-state index contributed by atoms with van der Waals surface area (Å²) >= 11 is 0. The average molecular weight is 237 g/mol. The van der Waals surface area contributed by atoms with Crippen molar-refractivity contribution in [2.75, 3.05) is 12.4 Å². The van der Waals surface area contributed by atoms with E-state index in [0.29, 0.717) is 0 Å². The SMILES string of the molecule is CNc1ccc2c(c1)-c1cc(C)ccc1C2(C)C. The second-order valence-corrected chi connectivity index (χ2v) is 5.68. The van der Waals surface area contributed by atoms with Crippen LogP contribution in [0.1, 0.15) is 30.5 Å². The topological polar surface area (TPSA) is 12.0 Å². The van der Waals surface area contributed by atoms with Gasteiger partial charge in [0, 0.05) is 18.2 Å². The molecule has 1 N–H and O–H groups in total. The first kappa shape index (κ1) is 11.3. The van der Waals surface area contributed by atoms with E-state index in [1.807, 2.05) is 7.05 Å². The fourth-order valence-corrected chi connectivity index (χ4v) is 3.04. The molecule has 1 aliphatic carbocycles. The van der Waals surface area contributed by atoms with Gasteiger partial charge >= 0.3 is 0 Å². The molecule has 1 aliphatic rings. The summed E-state index contributed by atoms with van der Waals surface area (Å²) in [6, 6.07) is 13.5. The molecule has 92 valence electrons. The molecule has 0 fully saturated rings. The van der Waals surface area contributed by atoms with Gasteiger partial charge in [-0.1, -0.05) is 43.7 Å². The lowest BCUT2D eigenvalue weighted by molar-refractivity contribution is 0.660. The number of anilines is 1. The second-order valence-electron chi connectivity index (χ2n) is 5.68. The third-order valence-electron chi connectivity index (χ3n) is 4.12. The standard InChI is InChI=1S/C17H19N/c1-11-5-7-15-13(9-11)14-10-12(18-4)6-8-16(14)17(15,2)3/h5-10,18H,1-4H3. The number of hydrogen-bond acceptors (Lipinski definition) is 1. The van der Waals surface area contributed by atoms with Gasteiger partial charge in [-0.2, -0.15) is 0 Å². The largest absolute Gasteiger partial charge is 0.388 e. The van der Waals surface area contributed by atoms with Gasteiger partial charge in [-0.3, -0.25) is 0 Å². The van der Waals surface area contributed by atoms with Crippen molar-refractivity contribution in [3.8, 4) is 11.1 Å². The Morgan fingerprint density at radius 1 is 0.889 bits per heavy atom. The third kappa shape index (κ3) is 1.40. The maximum absolute atomic E-state index is 3.23. The molecule has 0 aromatic heterocycles. The maximum atomic E-state index is 3.23.